The lowest BCUT2D eigenvalue weighted by Crippen LogP contribution is -2.59. The number of unbranched alkanes of at least 4 members (excludes halogenated alkanes) is 7. The maximum Gasteiger partial charge on any atom is 0.306 e. The van der Waals surface area contributed by atoms with E-state index in [-0.39, 0.29) is 19.6 Å². The Balaban J connectivity index is 2.37. The van der Waals surface area contributed by atoms with Crippen LogP contribution in [0.2, 0.25) is 0 Å². The molecule has 0 aromatic rings. The van der Waals surface area contributed by atoms with Gasteiger partial charge in [0.25, 0.3) is 0 Å². The van der Waals surface area contributed by atoms with E-state index in [1.54, 1.807) is 0 Å². The number of carbonyl (C=O) groups is 1. The molecular weight excluding hydrogens is 709 g/mol. The van der Waals surface area contributed by atoms with Gasteiger partial charge in [0.15, 0.2) is 6.29 Å². The lowest BCUT2D eigenvalue weighted by Gasteiger charge is -2.39. The molecule has 0 saturated carbocycles. The lowest BCUT2D eigenvalue weighted by atomic mass is 9.99. The zero-order valence-corrected chi connectivity index (χ0v) is 34.6. The number of hydrogen-bond acceptors (Lipinski definition) is 9. The molecule has 56 heavy (non-hydrogen) atoms. The standard InChI is InChI=1S/C47H76O9/c1-3-5-7-9-11-13-15-17-19-20-21-22-23-24-26-28-30-32-34-36-43(49)55-41(40-54-47-46(52)45(51)44(50)42(38-48)56-47)39-53-37-35-33-31-29-27-25-18-16-14-12-10-8-6-4-2/h5,7-8,10-11,13-14,16-17,19,21-22,24,26,30,32,41-42,44-48,50-52H,3-4,6,9,12,15,18,20,23,25,27-29,31,33-40H2,1-2H3/b7-5-,10-8-,13-11-,16-14-,19-17-,22-21-,26-24-,32-30-. The highest BCUT2D eigenvalue weighted by atomic mass is 16.7. The highest BCUT2D eigenvalue weighted by Gasteiger charge is 2.44. The second-order valence-electron chi connectivity index (χ2n) is 14.0. The quantitative estimate of drug-likeness (QED) is 0.0286. The SMILES string of the molecule is CC/C=C\C/C=C\C/C=C\C/C=C\C/C=C\C/C=C\CCC(=O)OC(COCCCCCCCC/C=C\C/C=C\CCC)COC1OC(CO)C(O)C(O)C1O. The molecule has 1 aliphatic rings. The van der Waals surface area contributed by atoms with Crippen molar-refractivity contribution in [3.05, 3.63) is 97.2 Å². The first-order chi connectivity index (χ1) is 27.4. The van der Waals surface area contributed by atoms with E-state index in [0.29, 0.717) is 13.0 Å². The molecule has 0 bridgehead atoms. The summed E-state index contributed by atoms with van der Waals surface area (Å²) in [6, 6.07) is 0. The number of rotatable bonds is 34. The van der Waals surface area contributed by atoms with Crippen LogP contribution < -0.4 is 0 Å². The molecule has 1 heterocycles. The fourth-order valence-electron chi connectivity index (χ4n) is 5.67. The fourth-order valence-corrected chi connectivity index (χ4v) is 5.67. The van der Waals surface area contributed by atoms with Crippen molar-refractivity contribution in [1.82, 2.24) is 0 Å². The maximum atomic E-state index is 12.7. The van der Waals surface area contributed by atoms with E-state index in [0.717, 1.165) is 77.0 Å². The van der Waals surface area contributed by atoms with Crippen molar-refractivity contribution < 1.29 is 44.2 Å². The van der Waals surface area contributed by atoms with E-state index in [1.165, 1.54) is 25.7 Å². The van der Waals surface area contributed by atoms with E-state index in [4.69, 9.17) is 18.9 Å². The van der Waals surface area contributed by atoms with Gasteiger partial charge in [0, 0.05) is 13.0 Å². The van der Waals surface area contributed by atoms with Crippen molar-refractivity contribution in [3.8, 4) is 0 Å². The van der Waals surface area contributed by atoms with E-state index in [1.807, 2.05) is 12.2 Å². The molecule has 9 heteroatoms. The Labute approximate surface area is 339 Å². The average Bonchev–Trinajstić information content (AvgIpc) is 3.20. The van der Waals surface area contributed by atoms with Crippen molar-refractivity contribution in [2.24, 2.45) is 0 Å². The number of esters is 1. The zero-order chi connectivity index (χ0) is 40.7. The predicted molar refractivity (Wildman–Crippen MR) is 228 cm³/mol. The Bertz CT molecular complexity index is 1170. The van der Waals surface area contributed by atoms with Crippen molar-refractivity contribution in [3.63, 3.8) is 0 Å². The van der Waals surface area contributed by atoms with Crippen LogP contribution in [-0.4, -0.2) is 89.6 Å². The Morgan fingerprint density at radius 2 is 1.09 bits per heavy atom. The highest BCUT2D eigenvalue weighted by Crippen LogP contribution is 2.22. The maximum absolute atomic E-state index is 12.7. The zero-order valence-electron chi connectivity index (χ0n) is 34.6. The van der Waals surface area contributed by atoms with E-state index < -0.39 is 49.4 Å². The summed E-state index contributed by atoms with van der Waals surface area (Å²) in [5, 5.41) is 40.0. The Morgan fingerprint density at radius 1 is 0.589 bits per heavy atom. The molecule has 0 radical (unpaired) electrons. The van der Waals surface area contributed by atoms with Gasteiger partial charge in [0.05, 0.1) is 19.8 Å². The van der Waals surface area contributed by atoms with Gasteiger partial charge in [0.1, 0.15) is 30.5 Å². The summed E-state index contributed by atoms with van der Waals surface area (Å²) in [6.07, 6.45) is 44.4. The number of ether oxygens (including phenoxy) is 4. The van der Waals surface area contributed by atoms with Crippen LogP contribution in [0.25, 0.3) is 0 Å². The molecule has 0 aromatic heterocycles. The van der Waals surface area contributed by atoms with Crippen LogP contribution in [0.15, 0.2) is 97.2 Å². The van der Waals surface area contributed by atoms with Gasteiger partial charge in [0.2, 0.25) is 0 Å². The molecule has 1 rings (SSSR count). The van der Waals surface area contributed by atoms with E-state index >= 15 is 0 Å². The minimum absolute atomic E-state index is 0.100. The molecule has 0 spiro atoms. The lowest BCUT2D eigenvalue weighted by molar-refractivity contribution is -0.305. The number of hydrogen-bond donors (Lipinski definition) is 4. The molecule has 1 saturated heterocycles. The molecule has 0 aliphatic carbocycles. The highest BCUT2D eigenvalue weighted by molar-refractivity contribution is 5.69. The van der Waals surface area contributed by atoms with Gasteiger partial charge in [-0.2, -0.15) is 0 Å². The van der Waals surface area contributed by atoms with Crippen molar-refractivity contribution >= 4 is 5.97 Å². The molecule has 6 unspecified atom stereocenters. The number of carbonyl (C=O) groups excluding carboxylic acids is 1. The first-order valence-corrected chi connectivity index (χ1v) is 21.3. The molecular formula is C47H76O9. The van der Waals surface area contributed by atoms with Gasteiger partial charge in [-0.15, -0.1) is 0 Å². The van der Waals surface area contributed by atoms with Crippen LogP contribution in [0.1, 0.15) is 129 Å². The second kappa shape index (κ2) is 37.7. The van der Waals surface area contributed by atoms with Crippen molar-refractivity contribution in [2.75, 3.05) is 26.4 Å². The molecule has 0 amide bonds. The van der Waals surface area contributed by atoms with E-state index in [2.05, 4.69) is 98.9 Å². The van der Waals surface area contributed by atoms with E-state index in [9.17, 15) is 25.2 Å². The van der Waals surface area contributed by atoms with Crippen LogP contribution in [0.3, 0.4) is 0 Å². The summed E-state index contributed by atoms with van der Waals surface area (Å²) in [5.41, 5.74) is 0. The number of aliphatic hydroxyl groups is 4. The molecule has 6 atom stereocenters. The van der Waals surface area contributed by atoms with Gasteiger partial charge in [-0.25, -0.2) is 0 Å². The average molecular weight is 785 g/mol. The first-order valence-electron chi connectivity index (χ1n) is 21.3. The minimum atomic E-state index is -1.56. The van der Waals surface area contributed by atoms with Gasteiger partial charge in [-0.05, 0) is 77.0 Å². The minimum Gasteiger partial charge on any atom is -0.457 e. The molecule has 4 N–H and O–H groups in total. The summed E-state index contributed by atoms with van der Waals surface area (Å²) < 4.78 is 22.7. The topological polar surface area (TPSA) is 135 Å². The van der Waals surface area contributed by atoms with Gasteiger partial charge < -0.3 is 39.4 Å². The molecule has 1 fully saturated rings. The van der Waals surface area contributed by atoms with Crippen molar-refractivity contribution in [2.45, 2.75) is 166 Å². The van der Waals surface area contributed by atoms with Crippen LogP contribution >= 0.6 is 0 Å². The Kier molecular flexibility index (Phi) is 34.4. The third-order valence-corrected chi connectivity index (χ3v) is 8.98. The smallest absolute Gasteiger partial charge is 0.306 e. The number of aliphatic hydroxyl groups excluding tert-OH is 4. The van der Waals surface area contributed by atoms with Crippen LogP contribution in [-0.2, 0) is 23.7 Å². The third-order valence-electron chi connectivity index (χ3n) is 8.98. The van der Waals surface area contributed by atoms with Crippen LogP contribution in [0.4, 0.5) is 0 Å². The Morgan fingerprint density at radius 3 is 1.64 bits per heavy atom. The van der Waals surface area contributed by atoms with Crippen LogP contribution in [0.5, 0.6) is 0 Å². The molecule has 0 aromatic carbocycles. The van der Waals surface area contributed by atoms with Gasteiger partial charge in [-0.1, -0.05) is 143 Å². The largest absolute Gasteiger partial charge is 0.457 e. The molecule has 1 aliphatic heterocycles. The van der Waals surface area contributed by atoms with Gasteiger partial charge in [-0.3, -0.25) is 4.79 Å². The van der Waals surface area contributed by atoms with Gasteiger partial charge >= 0.3 is 5.97 Å². The summed E-state index contributed by atoms with van der Waals surface area (Å²) in [6.45, 7) is 4.23. The summed E-state index contributed by atoms with van der Waals surface area (Å²) >= 11 is 0. The summed E-state index contributed by atoms with van der Waals surface area (Å²) in [4.78, 5) is 12.7. The normalized spacial score (nSPS) is 21.6. The Hall–Kier alpha value is -2.89. The first kappa shape index (κ1) is 51.1. The summed E-state index contributed by atoms with van der Waals surface area (Å²) in [7, 11) is 0. The monoisotopic (exact) mass is 785 g/mol. The second-order valence-corrected chi connectivity index (χ2v) is 14.0. The summed E-state index contributed by atoms with van der Waals surface area (Å²) in [5.74, 6) is -0.404. The van der Waals surface area contributed by atoms with Crippen molar-refractivity contribution in [1.29, 1.82) is 0 Å². The molecule has 318 valence electrons. The number of allylic oxidation sites excluding steroid dienone is 16. The molecule has 9 nitrogen and oxygen atoms in total. The predicted octanol–water partition coefficient (Wildman–Crippen LogP) is 9.24. The fraction of sp³-hybridized carbons (Fsp3) is 0.638. The van der Waals surface area contributed by atoms with Crippen LogP contribution in [0, 0.1) is 0 Å². The third kappa shape index (κ3) is 28.5.